The SMILES string of the molecule is CCN(CC(=O)Nc1cc(Cl)c(Cl)cc1Cl)S(=O)(=O)c1ccc(C)cc1. The van der Waals surface area contributed by atoms with Crippen LogP contribution in [0.4, 0.5) is 5.69 Å². The van der Waals surface area contributed by atoms with Gasteiger partial charge in [-0.3, -0.25) is 4.79 Å². The highest BCUT2D eigenvalue weighted by atomic mass is 35.5. The van der Waals surface area contributed by atoms with Gasteiger partial charge in [0, 0.05) is 6.54 Å². The van der Waals surface area contributed by atoms with Crippen LogP contribution in [-0.2, 0) is 14.8 Å². The molecule has 0 aliphatic rings. The van der Waals surface area contributed by atoms with Crippen LogP contribution in [0.25, 0.3) is 0 Å². The van der Waals surface area contributed by atoms with E-state index in [4.69, 9.17) is 34.8 Å². The summed E-state index contributed by atoms with van der Waals surface area (Å²) in [4.78, 5) is 12.4. The minimum Gasteiger partial charge on any atom is -0.324 e. The number of rotatable bonds is 6. The van der Waals surface area contributed by atoms with E-state index in [1.807, 2.05) is 6.92 Å². The van der Waals surface area contributed by atoms with Crippen molar-refractivity contribution in [2.75, 3.05) is 18.4 Å². The first kappa shape index (κ1) is 21.0. The fourth-order valence-electron chi connectivity index (χ4n) is 2.19. The van der Waals surface area contributed by atoms with Crippen LogP contribution in [0.2, 0.25) is 15.1 Å². The van der Waals surface area contributed by atoms with Crippen LogP contribution in [0.3, 0.4) is 0 Å². The molecule has 0 aromatic heterocycles. The van der Waals surface area contributed by atoms with Crippen LogP contribution >= 0.6 is 34.8 Å². The Morgan fingerprint density at radius 3 is 2.19 bits per heavy atom. The van der Waals surface area contributed by atoms with E-state index in [1.54, 1.807) is 19.1 Å². The van der Waals surface area contributed by atoms with E-state index < -0.39 is 15.9 Å². The van der Waals surface area contributed by atoms with E-state index in [1.165, 1.54) is 24.3 Å². The number of likely N-dealkylation sites (N-methyl/N-ethyl adjacent to an activating group) is 1. The molecule has 0 aliphatic carbocycles. The van der Waals surface area contributed by atoms with Gasteiger partial charge in [-0.2, -0.15) is 4.31 Å². The number of carbonyl (C=O) groups excluding carboxylic acids is 1. The molecule has 0 radical (unpaired) electrons. The molecule has 0 saturated heterocycles. The summed E-state index contributed by atoms with van der Waals surface area (Å²) in [5.74, 6) is -0.539. The average molecular weight is 436 g/mol. The molecule has 140 valence electrons. The van der Waals surface area contributed by atoms with Crippen molar-refractivity contribution in [2.24, 2.45) is 0 Å². The maximum absolute atomic E-state index is 12.7. The number of benzene rings is 2. The Hall–Kier alpha value is -1.31. The second-order valence-electron chi connectivity index (χ2n) is 5.54. The lowest BCUT2D eigenvalue weighted by molar-refractivity contribution is -0.116. The monoisotopic (exact) mass is 434 g/mol. The van der Waals surface area contributed by atoms with Gasteiger partial charge in [-0.15, -0.1) is 0 Å². The van der Waals surface area contributed by atoms with Crippen LogP contribution in [-0.4, -0.2) is 31.7 Å². The number of amides is 1. The van der Waals surface area contributed by atoms with Gasteiger partial charge in [-0.1, -0.05) is 59.4 Å². The fraction of sp³-hybridized carbons (Fsp3) is 0.235. The molecule has 2 rings (SSSR count). The van der Waals surface area contributed by atoms with Gasteiger partial charge in [0.15, 0.2) is 0 Å². The molecule has 26 heavy (non-hydrogen) atoms. The smallest absolute Gasteiger partial charge is 0.243 e. The van der Waals surface area contributed by atoms with Gasteiger partial charge in [-0.05, 0) is 31.2 Å². The lowest BCUT2D eigenvalue weighted by Crippen LogP contribution is -2.37. The van der Waals surface area contributed by atoms with Gasteiger partial charge in [-0.25, -0.2) is 8.42 Å². The van der Waals surface area contributed by atoms with Crippen molar-refractivity contribution in [3.05, 3.63) is 57.0 Å². The Labute approximate surface area is 167 Å². The zero-order valence-electron chi connectivity index (χ0n) is 14.1. The number of nitrogens with zero attached hydrogens (tertiary/aromatic N) is 1. The molecule has 0 bridgehead atoms. The third-order valence-corrected chi connectivity index (χ3v) is 6.59. The highest BCUT2D eigenvalue weighted by molar-refractivity contribution is 7.89. The molecule has 5 nitrogen and oxygen atoms in total. The Morgan fingerprint density at radius 1 is 1.04 bits per heavy atom. The lowest BCUT2D eigenvalue weighted by Gasteiger charge is -2.20. The summed E-state index contributed by atoms with van der Waals surface area (Å²) in [6.45, 7) is 3.30. The Balaban J connectivity index is 2.18. The van der Waals surface area contributed by atoms with Gasteiger partial charge in [0.2, 0.25) is 15.9 Å². The van der Waals surface area contributed by atoms with Crippen molar-refractivity contribution in [1.82, 2.24) is 4.31 Å². The molecule has 2 aromatic carbocycles. The lowest BCUT2D eigenvalue weighted by atomic mass is 10.2. The summed E-state index contributed by atoms with van der Waals surface area (Å²) in [6.07, 6.45) is 0. The van der Waals surface area contributed by atoms with E-state index in [9.17, 15) is 13.2 Å². The predicted octanol–water partition coefficient (Wildman–Crippen LogP) is 4.60. The second-order valence-corrected chi connectivity index (χ2v) is 8.70. The van der Waals surface area contributed by atoms with Gasteiger partial charge >= 0.3 is 0 Å². The molecule has 0 atom stereocenters. The van der Waals surface area contributed by atoms with E-state index in [0.29, 0.717) is 0 Å². The van der Waals surface area contributed by atoms with Crippen LogP contribution in [0, 0.1) is 6.92 Å². The van der Waals surface area contributed by atoms with Crippen LogP contribution in [0.15, 0.2) is 41.3 Å². The normalized spacial score (nSPS) is 11.6. The molecule has 0 heterocycles. The number of halogens is 3. The largest absolute Gasteiger partial charge is 0.324 e. The molecule has 0 fully saturated rings. The van der Waals surface area contributed by atoms with E-state index >= 15 is 0 Å². The van der Waals surface area contributed by atoms with Crippen LogP contribution < -0.4 is 5.32 Å². The summed E-state index contributed by atoms with van der Waals surface area (Å²) in [5, 5.41) is 3.25. The number of hydrogen-bond donors (Lipinski definition) is 1. The van der Waals surface area contributed by atoms with Gasteiger partial charge in [0.05, 0.1) is 32.2 Å². The minimum absolute atomic E-state index is 0.130. The Kier molecular flexibility index (Phi) is 6.93. The maximum Gasteiger partial charge on any atom is 0.243 e. The predicted molar refractivity (Wildman–Crippen MR) is 106 cm³/mol. The first-order chi connectivity index (χ1) is 12.1. The van der Waals surface area contributed by atoms with E-state index in [2.05, 4.69) is 5.32 Å². The maximum atomic E-state index is 12.7. The van der Waals surface area contributed by atoms with E-state index in [0.717, 1.165) is 9.87 Å². The summed E-state index contributed by atoms with van der Waals surface area (Å²) in [7, 11) is -3.79. The highest BCUT2D eigenvalue weighted by Gasteiger charge is 2.25. The standard InChI is InChI=1S/C17H17Cl3N2O3S/c1-3-22(26(24,25)12-6-4-11(2)5-7-12)10-17(23)21-16-9-14(19)13(18)8-15(16)20/h4-9H,3,10H2,1-2H3,(H,21,23). The number of carbonyl (C=O) groups is 1. The van der Waals surface area contributed by atoms with Crippen LogP contribution in [0.1, 0.15) is 12.5 Å². The van der Waals surface area contributed by atoms with Crippen molar-refractivity contribution in [3.8, 4) is 0 Å². The summed E-state index contributed by atoms with van der Waals surface area (Å²) in [5.41, 5.74) is 1.20. The Bertz CT molecular complexity index is 916. The molecular formula is C17H17Cl3N2O3S. The second kappa shape index (κ2) is 8.59. The number of sulfonamides is 1. The summed E-state index contributed by atoms with van der Waals surface area (Å²) in [6, 6.07) is 9.26. The number of aryl methyl sites for hydroxylation is 1. The molecule has 1 N–H and O–H groups in total. The first-order valence-electron chi connectivity index (χ1n) is 7.66. The summed E-state index contributed by atoms with van der Waals surface area (Å²) >= 11 is 17.8. The molecule has 1 amide bonds. The van der Waals surface area contributed by atoms with Crippen molar-refractivity contribution in [1.29, 1.82) is 0 Å². The zero-order valence-corrected chi connectivity index (χ0v) is 17.2. The third-order valence-electron chi connectivity index (χ3n) is 3.62. The highest BCUT2D eigenvalue weighted by Crippen LogP contribution is 2.32. The van der Waals surface area contributed by atoms with E-state index in [-0.39, 0.29) is 38.7 Å². The van der Waals surface area contributed by atoms with Crippen molar-refractivity contribution < 1.29 is 13.2 Å². The number of anilines is 1. The molecule has 2 aromatic rings. The number of hydrogen-bond acceptors (Lipinski definition) is 3. The molecule has 0 saturated carbocycles. The average Bonchev–Trinajstić information content (AvgIpc) is 2.57. The molecule has 0 aliphatic heterocycles. The molecule has 9 heteroatoms. The quantitative estimate of drug-likeness (QED) is 0.674. The van der Waals surface area contributed by atoms with Gasteiger partial charge < -0.3 is 5.32 Å². The Morgan fingerprint density at radius 2 is 1.62 bits per heavy atom. The minimum atomic E-state index is -3.79. The summed E-state index contributed by atoms with van der Waals surface area (Å²) < 4.78 is 26.5. The molecule has 0 unspecified atom stereocenters. The van der Waals surface area contributed by atoms with Gasteiger partial charge in [0.25, 0.3) is 0 Å². The van der Waals surface area contributed by atoms with Crippen LogP contribution in [0.5, 0.6) is 0 Å². The third kappa shape index (κ3) is 4.90. The fourth-order valence-corrected chi connectivity index (χ4v) is 4.19. The van der Waals surface area contributed by atoms with Crippen molar-refractivity contribution in [3.63, 3.8) is 0 Å². The molecule has 0 spiro atoms. The number of nitrogens with one attached hydrogen (secondary N) is 1. The van der Waals surface area contributed by atoms with Gasteiger partial charge in [0.1, 0.15) is 0 Å². The van der Waals surface area contributed by atoms with Crippen molar-refractivity contribution >= 4 is 56.4 Å². The van der Waals surface area contributed by atoms with Crippen molar-refractivity contribution in [2.45, 2.75) is 18.7 Å². The topological polar surface area (TPSA) is 66.5 Å². The molecular weight excluding hydrogens is 419 g/mol. The zero-order chi connectivity index (χ0) is 19.5. The first-order valence-corrected chi connectivity index (χ1v) is 10.2.